The fraction of sp³-hybridized carbons (Fsp3) is 0.310. The molecule has 0 fully saturated rings. The van der Waals surface area contributed by atoms with Gasteiger partial charge in [-0.1, -0.05) is 62.2 Å². The zero-order valence-corrected chi connectivity index (χ0v) is 18.8. The summed E-state index contributed by atoms with van der Waals surface area (Å²) in [5.74, 6) is 6.08. The van der Waals surface area contributed by atoms with Crippen molar-refractivity contribution in [3.05, 3.63) is 90.0 Å². The van der Waals surface area contributed by atoms with Gasteiger partial charge >= 0.3 is 0 Å². The van der Waals surface area contributed by atoms with Crippen LogP contribution in [0.25, 0.3) is 0 Å². The maximum atomic E-state index is 6.13. The van der Waals surface area contributed by atoms with Gasteiger partial charge in [0.25, 0.3) is 0 Å². The first-order valence-electron chi connectivity index (χ1n) is 11.1. The number of rotatable bonds is 10. The van der Waals surface area contributed by atoms with Crippen molar-refractivity contribution in [1.82, 2.24) is 0 Å². The Morgan fingerprint density at radius 1 is 0.871 bits per heavy atom. The van der Waals surface area contributed by atoms with Crippen LogP contribution in [0.3, 0.4) is 0 Å². The number of ether oxygens (including phenoxy) is 2. The molecule has 0 saturated heterocycles. The second kappa shape index (κ2) is 10.7. The van der Waals surface area contributed by atoms with Crippen molar-refractivity contribution in [3.63, 3.8) is 0 Å². The van der Waals surface area contributed by atoms with Gasteiger partial charge in [0.15, 0.2) is 0 Å². The fourth-order valence-electron chi connectivity index (χ4n) is 4.06. The molecule has 0 spiro atoms. The number of hydrogen-bond acceptors (Lipinski definition) is 2. The summed E-state index contributed by atoms with van der Waals surface area (Å²) in [7, 11) is 0. The van der Waals surface area contributed by atoms with Crippen LogP contribution in [0.15, 0.2) is 78.9 Å². The summed E-state index contributed by atoms with van der Waals surface area (Å²) < 4.78 is 11.6. The maximum Gasteiger partial charge on any atom is 0.127 e. The Morgan fingerprint density at radius 3 is 2.23 bits per heavy atom. The van der Waals surface area contributed by atoms with E-state index in [2.05, 4.69) is 50.1 Å². The van der Waals surface area contributed by atoms with E-state index in [1.807, 2.05) is 55.5 Å². The molecule has 31 heavy (non-hydrogen) atoms. The van der Waals surface area contributed by atoms with Crippen molar-refractivity contribution in [2.75, 3.05) is 6.61 Å². The molecule has 3 aromatic carbocycles. The zero-order valence-electron chi connectivity index (χ0n) is 18.8. The van der Waals surface area contributed by atoms with E-state index < -0.39 is 0 Å². The normalized spacial score (nSPS) is 12.7. The third-order valence-electron chi connectivity index (χ3n) is 5.84. The molecule has 0 aliphatic carbocycles. The third-order valence-corrected chi connectivity index (χ3v) is 5.84. The number of para-hydroxylation sites is 1. The van der Waals surface area contributed by atoms with E-state index in [1.54, 1.807) is 0 Å². The summed E-state index contributed by atoms with van der Waals surface area (Å²) in [5, 5.41) is 0. The van der Waals surface area contributed by atoms with Crippen molar-refractivity contribution in [2.24, 2.45) is 5.92 Å². The summed E-state index contributed by atoms with van der Waals surface area (Å²) in [6.07, 6.45) is 9.02. The zero-order chi connectivity index (χ0) is 22.1. The van der Waals surface area contributed by atoms with Crippen molar-refractivity contribution in [3.8, 4) is 29.6 Å². The van der Waals surface area contributed by atoms with Crippen LogP contribution in [0, 0.1) is 18.3 Å². The first-order valence-corrected chi connectivity index (χ1v) is 11.1. The fourth-order valence-corrected chi connectivity index (χ4v) is 4.06. The molecule has 0 N–H and O–H groups in total. The minimum absolute atomic E-state index is 0.289. The molecule has 0 aliphatic heterocycles. The average molecular weight is 413 g/mol. The molecule has 1 unspecified atom stereocenters. The summed E-state index contributed by atoms with van der Waals surface area (Å²) >= 11 is 0. The second-order valence-corrected chi connectivity index (χ2v) is 8.14. The number of benzene rings is 3. The number of terminal acetylenes is 1. The van der Waals surface area contributed by atoms with Gasteiger partial charge in [-0.25, -0.2) is 0 Å². The Balaban J connectivity index is 1.69. The second-order valence-electron chi connectivity index (χ2n) is 8.14. The topological polar surface area (TPSA) is 18.5 Å². The predicted molar refractivity (Wildman–Crippen MR) is 129 cm³/mol. The molecule has 2 nitrogen and oxygen atoms in total. The molecule has 0 bridgehead atoms. The van der Waals surface area contributed by atoms with E-state index in [-0.39, 0.29) is 5.41 Å². The van der Waals surface area contributed by atoms with Gasteiger partial charge in [-0.2, -0.15) is 0 Å². The highest BCUT2D eigenvalue weighted by atomic mass is 16.5. The first-order chi connectivity index (χ1) is 15.1. The number of hydrogen-bond donors (Lipinski definition) is 0. The van der Waals surface area contributed by atoms with E-state index in [9.17, 15) is 0 Å². The van der Waals surface area contributed by atoms with Gasteiger partial charge in [0, 0.05) is 0 Å². The quantitative estimate of drug-likeness (QED) is 0.322. The van der Waals surface area contributed by atoms with E-state index in [0.29, 0.717) is 12.5 Å². The smallest absolute Gasteiger partial charge is 0.127 e. The van der Waals surface area contributed by atoms with Gasteiger partial charge in [-0.3, -0.25) is 0 Å². The summed E-state index contributed by atoms with van der Waals surface area (Å²) in [6, 6.07) is 26.5. The third kappa shape index (κ3) is 5.70. The van der Waals surface area contributed by atoms with Gasteiger partial charge in [0.1, 0.15) is 17.2 Å². The molecule has 3 aromatic rings. The highest BCUT2D eigenvalue weighted by Crippen LogP contribution is 2.38. The Hall–Kier alpha value is -3.18. The summed E-state index contributed by atoms with van der Waals surface area (Å²) in [5.41, 5.74) is 2.16. The van der Waals surface area contributed by atoms with Crippen molar-refractivity contribution < 1.29 is 9.47 Å². The molecular formula is C29H32O2. The Morgan fingerprint density at radius 2 is 1.58 bits per heavy atom. The van der Waals surface area contributed by atoms with Gasteiger partial charge < -0.3 is 9.47 Å². The van der Waals surface area contributed by atoms with Crippen LogP contribution < -0.4 is 9.47 Å². The van der Waals surface area contributed by atoms with E-state index in [0.717, 1.165) is 36.5 Å². The molecule has 1 atom stereocenters. The lowest BCUT2D eigenvalue weighted by molar-refractivity contribution is 0.338. The van der Waals surface area contributed by atoms with Gasteiger partial charge in [-0.15, -0.1) is 6.42 Å². The first kappa shape index (κ1) is 22.5. The van der Waals surface area contributed by atoms with Gasteiger partial charge in [0.05, 0.1) is 12.0 Å². The lowest BCUT2D eigenvalue weighted by atomic mass is 9.69. The maximum absolute atomic E-state index is 6.13. The average Bonchev–Trinajstić information content (AvgIpc) is 2.78. The Bertz CT molecular complexity index is 983. The summed E-state index contributed by atoms with van der Waals surface area (Å²) in [4.78, 5) is 0. The van der Waals surface area contributed by atoms with Crippen molar-refractivity contribution in [2.45, 2.75) is 45.4 Å². The van der Waals surface area contributed by atoms with Crippen LogP contribution in [-0.4, -0.2) is 6.61 Å². The number of aryl methyl sites for hydroxylation is 1. The van der Waals surface area contributed by atoms with Crippen LogP contribution in [-0.2, 0) is 11.8 Å². The molecule has 0 radical (unpaired) electrons. The van der Waals surface area contributed by atoms with Crippen LogP contribution in [0.1, 0.15) is 44.7 Å². The molecular weight excluding hydrogens is 380 g/mol. The molecule has 160 valence electrons. The SMILES string of the molecule is C#CC(CCCc1cccc(Oc2ccccc2)c1)(c1ccc(OCC)cc1)C(C)C. The molecule has 0 heterocycles. The highest BCUT2D eigenvalue weighted by Gasteiger charge is 2.33. The Kier molecular flexibility index (Phi) is 7.79. The van der Waals surface area contributed by atoms with Crippen LogP contribution >= 0.6 is 0 Å². The predicted octanol–water partition coefficient (Wildman–Crippen LogP) is 7.43. The molecule has 2 heteroatoms. The Labute approximate surface area is 187 Å². The monoisotopic (exact) mass is 412 g/mol. The van der Waals surface area contributed by atoms with E-state index in [4.69, 9.17) is 15.9 Å². The summed E-state index contributed by atoms with van der Waals surface area (Å²) in [6.45, 7) is 7.08. The van der Waals surface area contributed by atoms with E-state index in [1.165, 1.54) is 11.1 Å². The lowest BCUT2D eigenvalue weighted by Crippen LogP contribution is -2.30. The van der Waals surface area contributed by atoms with Gasteiger partial charge in [0.2, 0.25) is 0 Å². The highest BCUT2D eigenvalue weighted by molar-refractivity contribution is 5.39. The molecule has 0 aliphatic rings. The van der Waals surface area contributed by atoms with Crippen molar-refractivity contribution in [1.29, 1.82) is 0 Å². The minimum atomic E-state index is -0.289. The van der Waals surface area contributed by atoms with Crippen molar-refractivity contribution >= 4 is 0 Å². The molecule has 0 saturated carbocycles. The van der Waals surface area contributed by atoms with Crippen LogP contribution in [0.4, 0.5) is 0 Å². The minimum Gasteiger partial charge on any atom is -0.494 e. The largest absolute Gasteiger partial charge is 0.494 e. The lowest BCUT2D eigenvalue weighted by Gasteiger charge is -2.33. The molecule has 0 aromatic heterocycles. The van der Waals surface area contributed by atoms with Crippen LogP contribution in [0.2, 0.25) is 0 Å². The van der Waals surface area contributed by atoms with E-state index >= 15 is 0 Å². The molecule has 0 amide bonds. The van der Waals surface area contributed by atoms with Crippen LogP contribution in [0.5, 0.6) is 17.2 Å². The molecule has 3 rings (SSSR count). The standard InChI is InChI=1S/C29H32O2/c1-5-29(23(3)4,25-17-19-26(20-18-25)30-6-2)21-11-13-24-12-10-16-28(22-24)31-27-14-8-7-9-15-27/h1,7-10,12,14-20,22-23H,6,11,13,21H2,2-4H3. The van der Waals surface area contributed by atoms with Gasteiger partial charge in [-0.05, 0) is 79.6 Å².